The average Bonchev–Trinajstić information content (AvgIpc) is 3.39. The second kappa shape index (κ2) is 9.09. The Labute approximate surface area is 200 Å². The first-order chi connectivity index (χ1) is 17.2. The first kappa shape index (κ1) is 24.1. The number of ether oxygens (including phenoxy) is 2. The smallest absolute Gasteiger partial charge is 0.382 e. The van der Waals surface area contributed by atoms with Gasteiger partial charge in [-0.15, -0.1) is 0 Å². The van der Waals surface area contributed by atoms with Gasteiger partial charge < -0.3 is 14.4 Å². The number of aromatic nitrogens is 5. The minimum atomic E-state index is -4.63. The van der Waals surface area contributed by atoms with E-state index in [-0.39, 0.29) is 59.4 Å². The van der Waals surface area contributed by atoms with Crippen molar-refractivity contribution in [2.45, 2.75) is 18.8 Å². The summed E-state index contributed by atoms with van der Waals surface area (Å²) in [6, 6.07) is 1.49. The van der Waals surface area contributed by atoms with Crippen LogP contribution in [-0.4, -0.2) is 80.6 Å². The van der Waals surface area contributed by atoms with E-state index in [0.717, 1.165) is 10.6 Å². The maximum Gasteiger partial charge on any atom is 0.408 e. The molecule has 4 aromatic heterocycles. The standard InChI is InChI=1S/C22H19F5N6O3/c1-35-9-13-10-36-3-2-31(13)21(34)16-5-17-14(6-28-16)19(30-33(17)11-22(25,26)27)18-7-29-20-15(24)4-12(23)8-32(18)20/h4-8,13H,2-3,9-11H2,1H3. The largest absolute Gasteiger partial charge is 0.408 e. The van der Waals surface area contributed by atoms with Crippen LogP contribution in [0.1, 0.15) is 10.5 Å². The number of hydrogen-bond acceptors (Lipinski definition) is 6. The Kier molecular flexibility index (Phi) is 6.08. The zero-order chi connectivity index (χ0) is 25.6. The van der Waals surface area contributed by atoms with Crippen LogP contribution in [0.25, 0.3) is 27.9 Å². The van der Waals surface area contributed by atoms with Gasteiger partial charge >= 0.3 is 6.18 Å². The molecular weight excluding hydrogens is 491 g/mol. The third-order valence-electron chi connectivity index (χ3n) is 5.80. The van der Waals surface area contributed by atoms with Gasteiger partial charge in [0, 0.05) is 37.5 Å². The number of alkyl halides is 3. The number of fused-ring (bicyclic) bond motifs is 2. The fourth-order valence-corrected chi connectivity index (χ4v) is 4.26. The van der Waals surface area contributed by atoms with E-state index >= 15 is 0 Å². The van der Waals surface area contributed by atoms with Crippen molar-refractivity contribution in [3.63, 3.8) is 0 Å². The number of methoxy groups -OCH3 is 1. The summed E-state index contributed by atoms with van der Waals surface area (Å²) in [5, 5.41) is 4.22. The van der Waals surface area contributed by atoms with Crippen LogP contribution in [-0.2, 0) is 16.0 Å². The number of morpholine rings is 1. The van der Waals surface area contributed by atoms with Crippen LogP contribution < -0.4 is 0 Å². The summed E-state index contributed by atoms with van der Waals surface area (Å²) < 4.78 is 80.4. The third-order valence-corrected chi connectivity index (χ3v) is 5.80. The molecule has 1 aliphatic heterocycles. The van der Waals surface area contributed by atoms with Gasteiger partial charge in [0.2, 0.25) is 0 Å². The van der Waals surface area contributed by atoms with Crippen molar-refractivity contribution in [1.29, 1.82) is 0 Å². The van der Waals surface area contributed by atoms with Gasteiger partial charge in [0.15, 0.2) is 11.5 Å². The van der Waals surface area contributed by atoms with Gasteiger partial charge in [0.05, 0.1) is 43.3 Å². The molecule has 14 heteroatoms. The molecule has 0 bridgehead atoms. The quantitative estimate of drug-likeness (QED) is 0.384. The number of amides is 1. The van der Waals surface area contributed by atoms with Gasteiger partial charge in [-0.2, -0.15) is 18.3 Å². The average molecular weight is 510 g/mol. The van der Waals surface area contributed by atoms with Crippen molar-refractivity contribution in [3.8, 4) is 11.4 Å². The zero-order valence-corrected chi connectivity index (χ0v) is 18.8. The number of rotatable bonds is 5. The fraction of sp³-hybridized carbons (Fsp3) is 0.364. The maximum atomic E-state index is 14.2. The van der Waals surface area contributed by atoms with Crippen molar-refractivity contribution in [2.24, 2.45) is 0 Å². The van der Waals surface area contributed by atoms with Crippen LogP contribution in [0, 0.1) is 11.6 Å². The molecule has 0 spiro atoms. The molecule has 1 atom stereocenters. The highest BCUT2D eigenvalue weighted by molar-refractivity contribution is 5.99. The molecule has 36 heavy (non-hydrogen) atoms. The monoisotopic (exact) mass is 510 g/mol. The summed E-state index contributed by atoms with van der Waals surface area (Å²) in [6.45, 7) is -0.431. The van der Waals surface area contributed by atoms with E-state index in [4.69, 9.17) is 9.47 Å². The number of pyridine rings is 2. The number of nitrogens with zero attached hydrogens (tertiary/aromatic N) is 6. The molecule has 1 saturated heterocycles. The molecule has 0 aromatic carbocycles. The van der Waals surface area contributed by atoms with E-state index in [0.29, 0.717) is 17.4 Å². The molecule has 5 heterocycles. The molecule has 0 aliphatic carbocycles. The Morgan fingerprint density at radius 1 is 1.22 bits per heavy atom. The van der Waals surface area contributed by atoms with Crippen LogP contribution >= 0.6 is 0 Å². The minimum Gasteiger partial charge on any atom is -0.382 e. The highest BCUT2D eigenvalue weighted by Gasteiger charge is 2.32. The molecule has 190 valence electrons. The molecule has 1 fully saturated rings. The molecule has 0 N–H and O–H groups in total. The number of carbonyl (C=O) groups is 1. The van der Waals surface area contributed by atoms with Crippen LogP contribution in [0.4, 0.5) is 22.0 Å². The lowest BCUT2D eigenvalue weighted by Gasteiger charge is -2.34. The van der Waals surface area contributed by atoms with Crippen molar-refractivity contribution >= 4 is 22.5 Å². The second-order valence-corrected chi connectivity index (χ2v) is 8.23. The lowest BCUT2D eigenvalue weighted by molar-refractivity contribution is -0.141. The number of hydrogen-bond donors (Lipinski definition) is 0. The molecule has 1 unspecified atom stereocenters. The Morgan fingerprint density at radius 2 is 2.03 bits per heavy atom. The summed E-state index contributed by atoms with van der Waals surface area (Å²) in [7, 11) is 1.48. The van der Waals surface area contributed by atoms with Crippen molar-refractivity contribution in [1.82, 2.24) is 29.0 Å². The Hall–Kier alpha value is -3.65. The van der Waals surface area contributed by atoms with E-state index in [1.165, 1.54) is 30.5 Å². The summed E-state index contributed by atoms with van der Waals surface area (Å²) in [4.78, 5) is 22.8. The maximum absolute atomic E-state index is 14.2. The predicted molar refractivity (Wildman–Crippen MR) is 115 cm³/mol. The topological polar surface area (TPSA) is 86.8 Å². The number of carbonyl (C=O) groups excluding carboxylic acids is 1. The normalized spacial score (nSPS) is 16.8. The summed E-state index contributed by atoms with van der Waals surface area (Å²) in [6.07, 6.45) is -1.28. The van der Waals surface area contributed by atoms with Gasteiger partial charge in [-0.3, -0.25) is 18.9 Å². The molecule has 1 amide bonds. The van der Waals surface area contributed by atoms with E-state index in [1.54, 1.807) is 0 Å². The van der Waals surface area contributed by atoms with Crippen LogP contribution in [0.2, 0.25) is 0 Å². The van der Waals surface area contributed by atoms with E-state index in [1.807, 2.05) is 0 Å². The van der Waals surface area contributed by atoms with Gasteiger partial charge in [-0.05, 0) is 6.07 Å². The Morgan fingerprint density at radius 3 is 2.78 bits per heavy atom. The van der Waals surface area contributed by atoms with Crippen molar-refractivity contribution in [2.75, 3.05) is 33.5 Å². The first-order valence-electron chi connectivity index (χ1n) is 10.8. The molecule has 9 nitrogen and oxygen atoms in total. The molecular formula is C22H19F5N6O3. The SMILES string of the molecule is COCC1COCCN1C(=O)c1cc2c(cn1)c(-c1cnc3c(F)cc(F)cn13)nn2CC(F)(F)F. The molecule has 4 aromatic rings. The van der Waals surface area contributed by atoms with Crippen molar-refractivity contribution in [3.05, 3.63) is 48.1 Å². The van der Waals surface area contributed by atoms with Crippen LogP contribution in [0.3, 0.4) is 0 Å². The van der Waals surface area contributed by atoms with Gasteiger partial charge in [0.25, 0.3) is 5.91 Å². The summed E-state index contributed by atoms with van der Waals surface area (Å²) in [5.74, 6) is -2.34. The Bertz CT molecular complexity index is 1450. The zero-order valence-electron chi connectivity index (χ0n) is 18.8. The predicted octanol–water partition coefficient (Wildman–Crippen LogP) is 3.07. The van der Waals surface area contributed by atoms with Crippen molar-refractivity contribution < 1.29 is 36.2 Å². The van der Waals surface area contributed by atoms with E-state index < -0.39 is 30.3 Å². The number of imidazole rings is 1. The highest BCUT2D eigenvalue weighted by Crippen LogP contribution is 2.31. The number of halogens is 5. The lowest BCUT2D eigenvalue weighted by atomic mass is 10.1. The van der Waals surface area contributed by atoms with Crippen LogP contribution in [0.15, 0.2) is 30.7 Å². The third kappa shape index (κ3) is 4.37. The lowest BCUT2D eigenvalue weighted by Crippen LogP contribution is -2.50. The highest BCUT2D eigenvalue weighted by atomic mass is 19.4. The second-order valence-electron chi connectivity index (χ2n) is 8.23. The van der Waals surface area contributed by atoms with Gasteiger partial charge in [-0.25, -0.2) is 13.8 Å². The van der Waals surface area contributed by atoms with Gasteiger partial charge in [0.1, 0.15) is 23.7 Å². The van der Waals surface area contributed by atoms with Crippen LogP contribution in [0.5, 0.6) is 0 Å². The van der Waals surface area contributed by atoms with E-state index in [9.17, 15) is 26.7 Å². The molecule has 1 aliphatic rings. The van der Waals surface area contributed by atoms with E-state index in [2.05, 4.69) is 15.1 Å². The molecule has 5 rings (SSSR count). The molecule has 0 saturated carbocycles. The fourth-order valence-electron chi connectivity index (χ4n) is 4.26. The first-order valence-corrected chi connectivity index (χ1v) is 10.8. The molecule has 0 radical (unpaired) electrons. The Balaban J connectivity index is 1.63. The minimum absolute atomic E-state index is 0.0240. The van der Waals surface area contributed by atoms with Gasteiger partial charge in [-0.1, -0.05) is 0 Å². The summed E-state index contributed by atoms with van der Waals surface area (Å²) >= 11 is 0. The summed E-state index contributed by atoms with van der Waals surface area (Å²) in [5.41, 5.74) is -0.300.